The van der Waals surface area contributed by atoms with Crippen molar-refractivity contribution < 1.29 is 19.1 Å². The van der Waals surface area contributed by atoms with E-state index in [1.54, 1.807) is 9.58 Å². The van der Waals surface area contributed by atoms with Crippen molar-refractivity contribution in [2.24, 2.45) is 7.05 Å². The lowest BCUT2D eigenvalue weighted by atomic mass is 10.1. The van der Waals surface area contributed by atoms with Crippen LogP contribution in [-0.4, -0.2) is 56.7 Å². The molecule has 1 fully saturated rings. The summed E-state index contributed by atoms with van der Waals surface area (Å²) in [5.41, 5.74) is 8.41. The highest BCUT2D eigenvalue weighted by molar-refractivity contribution is 5.98. The highest BCUT2D eigenvalue weighted by atomic mass is 16.5. The van der Waals surface area contributed by atoms with Crippen molar-refractivity contribution in [2.45, 2.75) is 12.8 Å². The summed E-state index contributed by atoms with van der Waals surface area (Å²) in [7, 11) is 3.12. The van der Waals surface area contributed by atoms with Crippen LogP contribution >= 0.6 is 0 Å². The monoisotopic (exact) mass is 500 g/mol. The number of benzene rings is 2. The van der Waals surface area contributed by atoms with Gasteiger partial charge in [0.25, 0.3) is 0 Å². The minimum Gasteiger partial charge on any atom is -0.466 e. The van der Waals surface area contributed by atoms with E-state index in [0.29, 0.717) is 11.5 Å². The van der Waals surface area contributed by atoms with Crippen molar-refractivity contribution in [1.29, 1.82) is 0 Å². The molecule has 190 valence electrons. The minimum atomic E-state index is -0.493. The lowest BCUT2D eigenvalue weighted by Crippen LogP contribution is -2.25. The van der Waals surface area contributed by atoms with E-state index in [1.165, 1.54) is 19.5 Å². The van der Waals surface area contributed by atoms with E-state index in [1.807, 2.05) is 61.6 Å². The molecular formula is C27H28N6O4. The summed E-state index contributed by atoms with van der Waals surface area (Å²) < 4.78 is 11.9. The van der Waals surface area contributed by atoms with Crippen LogP contribution < -0.4 is 10.5 Å². The molecule has 3 heterocycles. The van der Waals surface area contributed by atoms with Crippen molar-refractivity contribution in [3.63, 3.8) is 0 Å². The number of likely N-dealkylation sites (tertiary alicyclic amines) is 1. The third-order valence-corrected chi connectivity index (χ3v) is 5.74. The number of hydrogen-bond acceptors (Lipinski definition) is 8. The summed E-state index contributed by atoms with van der Waals surface area (Å²) in [4.78, 5) is 32.0. The normalized spacial score (nSPS) is 12.9. The molecule has 10 nitrogen and oxygen atoms in total. The summed E-state index contributed by atoms with van der Waals surface area (Å²) in [6.45, 7) is 1.59. The van der Waals surface area contributed by atoms with E-state index in [4.69, 9.17) is 10.5 Å². The predicted octanol–water partition coefficient (Wildman–Crippen LogP) is 3.74. The van der Waals surface area contributed by atoms with Gasteiger partial charge in [-0.25, -0.2) is 19.4 Å². The molecule has 0 spiro atoms. The van der Waals surface area contributed by atoms with Gasteiger partial charge in [0, 0.05) is 37.9 Å². The topological polar surface area (TPSA) is 125 Å². The summed E-state index contributed by atoms with van der Waals surface area (Å²) >= 11 is 0. The van der Waals surface area contributed by atoms with Crippen LogP contribution in [0.1, 0.15) is 12.8 Å². The Labute approximate surface area is 214 Å². The molecule has 0 atom stereocenters. The van der Waals surface area contributed by atoms with Gasteiger partial charge in [-0.05, 0) is 49.2 Å². The van der Waals surface area contributed by atoms with E-state index in [9.17, 15) is 9.59 Å². The second kappa shape index (κ2) is 11.8. The molecule has 0 saturated carbocycles. The highest BCUT2D eigenvalue weighted by Crippen LogP contribution is 2.31. The van der Waals surface area contributed by atoms with Gasteiger partial charge in [0.2, 0.25) is 5.91 Å². The third kappa shape index (κ3) is 6.29. The van der Waals surface area contributed by atoms with Gasteiger partial charge in [-0.2, -0.15) is 5.10 Å². The average molecular weight is 501 g/mol. The number of hydrogen-bond donors (Lipinski definition) is 1. The zero-order valence-corrected chi connectivity index (χ0v) is 20.7. The van der Waals surface area contributed by atoms with E-state index in [2.05, 4.69) is 19.8 Å². The van der Waals surface area contributed by atoms with E-state index >= 15 is 0 Å². The van der Waals surface area contributed by atoms with Crippen LogP contribution in [0.25, 0.3) is 22.3 Å². The molecule has 2 aromatic carbocycles. The fraction of sp³-hybridized carbons (Fsp3) is 0.222. The van der Waals surface area contributed by atoms with Crippen LogP contribution in [0.15, 0.2) is 73.1 Å². The van der Waals surface area contributed by atoms with Gasteiger partial charge in [-0.15, -0.1) is 0 Å². The number of aryl methyl sites for hydroxylation is 1. The number of methoxy groups -OCH3 is 1. The first kappa shape index (κ1) is 25.4. The van der Waals surface area contributed by atoms with Gasteiger partial charge in [0.1, 0.15) is 29.3 Å². The number of carbonyl (C=O) groups excluding carboxylic acids is 2. The summed E-state index contributed by atoms with van der Waals surface area (Å²) in [5.74, 6) is 1.38. The lowest BCUT2D eigenvalue weighted by molar-refractivity contribution is -0.135. The summed E-state index contributed by atoms with van der Waals surface area (Å²) in [6, 6.07) is 17.4. The Kier molecular flexibility index (Phi) is 8.09. The molecule has 4 aromatic rings. The molecular weight excluding hydrogens is 472 g/mol. The van der Waals surface area contributed by atoms with Gasteiger partial charge < -0.3 is 20.1 Å². The molecule has 0 unspecified atom stereocenters. The Bertz CT molecular complexity index is 1390. The maximum Gasteiger partial charge on any atom is 0.330 e. The first-order valence-electron chi connectivity index (χ1n) is 11.8. The smallest absolute Gasteiger partial charge is 0.330 e. The number of ether oxygens (including phenoxy) is 2. The molecule has 10 heteroatoms. The van der Waals surface area contributed by atoms with Crippen LogP contribution in [-0.2, 0) is 21.4 Å². The zero-order valence-electron chi connectivity index (χ0n) is 20.7. The number of nitrogens with zero attached hydrogens (tertiary/aromatic N) is 5. The number of rotatable bonds is 5. The molecule has 37 heavy (non-hydrogen) atoms. The Morgan fingerprint density at radius 3 is 2.30 bits per heavy atom. The van der Waals surface area contributed by atoms with Crippen LogP contribution in [0.3, 0.4) is 0 Å². The number of esters is 1. The van der Waals surface area contributed by atoms with Crippen molar-refractivity contribution in [3.05, 3.63) is 73.1 Å². The maximum absolute atomic E-state index is 11.3. The number of anilines is 1. The van der Waals surface area contributed by atoms with Crippen LogP contribution in [0.2, 0.25) is 0 Å². The van der Waals surface area contributed by atoms with E-state index in [-0.39, 0.29) is 5.91 Å². The molecule has 0 bridgehead atoms. The lowest BCUT2D eigenvalue weighted by Gasteiger charge is -2.11. The van der Waals surface area contributed by atoms with E-state index < -0.39 is 5.97 Å². The van der Waals surface area contributed by atoms with Gasteiger partial charge in [-0.3, -0.25) is 4.79 Å². The number of nitrogen functional groups attached to an aromatic ring is 1. The molecule has 1 amide bonds. The van der Waals surface area contributed by atoms with Crippen molar-refractivity contribution >= 4 is 28.7 Å². The van der Waals surface area contributed by atoms with Crippen LogP contribution in [0, 0.1) is 0 Å². The van der Waals surface area contributed by atoms with Crippen LogP contribution in [0.4, 0.5) is 5.82 Å². The fourth-order valence-corrected chi connectivity index (χ4v) is 3.87. The molecule has 1 saturated heterocycles. The fourth-order valence-electron chi connectivity index (χ4n) is 3.87. The second-order valence-electron chi connectivity index (χ2n) is 8.26. The minimum absolute atomic E-state index is 0.108. The number of para-hydroxylation sites is 1. The number of nitrogens with two attached hydrogens (primary N) is 1. The zero-order chi connectivity index (χ0) is 26.2. The van der Waals surface area contributed by atoms with Crippen molar-refractivity contribution in [3.8, 4) is 22.8 Å². The predicted molar refractivity (Wildman–Crippen MR) is 140 cm³/mol. The molecule has 0 radical (unpaired) electrons. The largest absolute Gasteiger partial charge is 0.466 e. The van der Waals surface area contributed by atoms with Gasteiger partial charge in [-0.1, -0.05) is 18.2 Å². The molecule has 2 aromatic heterocycles. The molecule has 5 rings (SSSR count). The Morgan fingerprint density at radius 1 is 0.946 bits per heavy atom. The van der Waals surface area contributed by atoms with Gasteiger partial charge >= 0.3 is 5.97 Å². The molecule has 0 aliphatic carbocycles. The molecule has 2 N–H and O–H groups in total. The van der Waals surface area contributed by atoms with Crippen molar-refractivity contribution in [1.82, 2.24) is 24.6 Å². The van der Waals surface area contributed by atoms with Crippen molar-refractivity contribution in [2.75, 3.05) is 25.9 Å². The highest BCUT2D eigenvalue weighted by Gasteiger charge is 2.16. The van der Waals surface area contributed by atoms with E-state index in [0.717, 1.165) is 60.1 Å². The third-order valence-electron chi connectivity index (χ3n) is 5.74. The molecule has 1 aliphatic heterocycles. The summed E-state index contributed by atoms with van der Waals surface area (Å²) in [5, 5.41) is 5.29. The van der Waals surface area contributed by atoms with Crippen LogP contribution in [0.5, 0.6) is 11.5 Å². The van der Waals surface area contributed by atoms with Gasteiger partial charge in [0.05, 0.1) is 12.5 Å². The SMILES string of the molecule is COC(=O)/C=C/C(=O)N1CCCC1.Cn1nc(-c2ccc(Oc3ccccc3)cc2)c2c(N)ncnc21. The average Bonchev–Trinajstić information content (AvgIpc) is 3.58. The maximum atomic E-state index is 11.3. The Morgan fingerprint density at radius 2 is 1.62 bits per heavy atom. The summed E-state index contributed by atoms with van der Waals surface area (Å²) in [6.07, 6.45) is 5.97. The Balaban J connectivity index is 0.000000209. The number of carbonyl (C=O) groups is 2. The Hall–Kier alpha value is -4.73. The number of fused-ring (bicyclic) bond motifs is 1. The molecule has 1 aliphatic rings. The first-order valence-corrected chi connectivity index (χ1v) is 11.8. The quantitative estimate of drug-likeness (QED) is 0.324. The van der Waals surface area contributed by atoms with Gasteiger partial charge in [0.15, 0.2) is 5.65 Å². The standard InChI is InChI=1S/C18H15N5O.C9H13NO3/c1-23-18-15(17(19)20-11-21-18)16(22-23)12-7-9-14(10-8-12)24-13-5-3-2-4-6-13;1-13-9(12)5-4-8(11)10-6-2-3-7-10/h2-11H,1H3,(H2,19,20,21);4-5H,2-3,6-7H2,1H3/b;5-4+. The number of amides is 1. The number of aromatic nitrogens is 4. The second-order valence-corrected chi connectivity index (χ2v) is 8.26. The first-order chi connectivity index (χ1) is 18.0.